The fraction of sp³-hybridized carbons (Fsp3) is 0.833. The van der Waals surface area contributed by atoms with Crippen molar-refractivity contribution in [1.29, 1.82) is 0 Å². The number of nitrogens with one attached hydrogen (secondary N) is 1. The Hall–Kier alpha value is -0.900. The Morgan fingerprint density at radius 3 is 2.69 bits per heavy atom. The lowest BCUT2D eigenvalue weighted by molar-refractivity contribution is -0.118. The lowest BCUT2D eigenvalue weighted by atomic mass is 9.78. The van der Waals surface area contributed by atoms with Crippen LogP contribution in [0.25, 0.3) is 0 Å². The van der Waals surface area contributed by atoms with Gasteiger partial charge in [0.15, 0.2) is 0 Å². The van der Waals surface area contributed by atoms with E-state index in [1.165, 1.54) is 0 Å². The molecule has 2 aliphatic rings. The molecule has 0 unspecified atom stereocenters. The molecule has 1 amide bonds. The first-order valence-corrected chi connectivity index (χ1v) is 6.15. The first-order valence-electron chi connectivity index (χ1n) is 6.15. The maximum atomic E-state index is 11.2. The van der Waals surface area contributed by atoms with Gasteiger partial charge in [-0.2, -0.15) is 0 Å². The molecule has 1 N–H and O–H groups in total. The quantitative estimate of drug-likeness (QED) is 0.789. The van der Waals surface area contributed by atoms with Gasteiger partial charge in [0, 0.05) is 6.61 Å². The molecular weight excluding hydrogens is 204 g/mol. The van der Waals surface area contributed by atoms with Gasteiger partial charge in [0.1, 0.15) is 18.0 Å². The Morgan fingerprint density at radius 2 is 2.19 bits per heavy atom. The smallest absolute Gasteiger partial charge is 0.247 e. The SMILES string of the molecule is CCOC1(C2=NCC(=O)N2)CCC(C)CC1. The van der Waals surface area contributed by atoms with Crippen molar-refractivity contribution in [3.05, 3.63) is 0 Å². The summed E-state index contributed by atoms with van der Waals surface area (Å²) in [6, 6.07) is 0. The van der Waals surface area contributed by atoms with Gasteiger partial charge in [-0.3, -0.25) is 9.79 Å². The van der Waals surface area contributed by atoms with Crippen molar-refractivity contribution in [2.24, 2.45) is 10.9 Å². The molecule has 1 saturated carbocycles. The van der Waals surface area contributed by atoms with Crippen LogP contribution in [0.4, 0.5) is 0 Å². The van der Waals surface area contributed by atoms with Crippen LogP contribution >= 0.6 is 0 Å². The van der Waals surface area contributed by atoms with E-state index in [4.69, 9.17) is 4.74 Å². The summed E-state index contributed by atoms with van der Waals surface area (Å²) in [5.41, 5.74) is -0.312. The third-order valence-electron chi connectivity index (χ3n) is 3.57. The van der Waals surface area contributed by atoms with E-state index in [1.807, 2.05) is 6.92 Å². The number of carbonyl (C=O) groups is 1. The van der Waals surface area contributed by atoms with Crippen LogP contribution in [0.3, 0.4) is 0 Å². The van der Waals surface area contributed by atoms with Crippen molar-refractivity contribution >= 4 is 11.7 Å². The molecule has 0 atom stereocenters. The summed E-state index contributed by atoms with van der Waals surface area (Å²) in [4.78, 5) is 15.5. The zero-order chi connectivity index (χ0) is 11.6. The maximum absolute atomic E-state index is 11.2. The van der Waals surface area contributed by atoms with E-state index in [2.05, 4.69) is 17.2 Å². The fourth-order valence-electron chi connectivity index (χ4n) is 2.57. The van der Waals surface area contributed by atoms with Crippen molar-refractivity contribution in [3.63, 3.8) is 0 Å². The molecule has 0 saturated heterocycles. The number of rotatable bonds is 3. The van der Waals surface area contributed by atoms with Crippen molar-refractivity contribution in [2.75, 3.05) is 13.2 Å². The first-order chi connectivity index (χ1) is 7.66. The molecule has 0 radical (unpaired) electrons. The normalized spacial score (nSPS) is 34.8. The predicted molar refractivity (Wildman–Crippen MR) is 62.4 cm³/mol. The number of hydrogen-bond donors (Lipinski definition) is 1. The molecule has 1 aliphatic carbocycles. The molecule has 2 rings (SSSR count). The molecule has 0 aromatic heterocycles. The van der Waals surface area contributed by atoms with E-state index in [-0.39, 0.29) is 18.1 Å². The van der Waals surface area contributed by atoms with Gasteiger partial charge in [0.2, 0.25) is 5.91 Å². The summed E-state index contributed by atoms with van der Waals surface area (Å²) >= 11 is 0. The zero-order valence-corrected chi connectivity index (χ0v) is 10.1. The number of aliphatic imine (C=N–C) groups is 1. The molecule has 90 valence electrons. The Kier molecular flexibility index (Phi) is 3.28. The van der Waals surface area contributed by atoms with Gasteiger partial charge in [0.25, 0.3) is 0 Å². The number of hydrogen-bond acceptors (Lipinski definition) is 3. The maximum Gasteiger partial charge on any atom is 0.247 e. The molecule has 0 spiro atoms. The number of amides is 1. The van der Waals surface area contributed by atoms with Gasteiger partial charge >= 0.3 is 0 Å². The van der Waals surface area contributed by atoms with Crippen LogP contribution in [-0.4, -0.2) is 30.5 Å². The van der Waals surface area contributed by atoms with Crippen LogP contribution in [0.1, 0.15) is 39.5 Å². The first kappa shape index (κ1) is 11.6. The van der Waals surface area contributed by atoms with Crippen LogP contribution in [0.2, 0.25) is 0 Å². The van der Waals surface area contributed by atoms with Gasteiger partial charge in [0.05, 0.1) is 0 Å². The molecule has 4 nitrogen and oxygen atoms in total. The van der Waals surface area contributed by atoms with Gasteiger partial charge in [-0.25, -0.2) is 0 Å². The molecule has 0 bridgehead atoms. The van der Waals surface area contributed by atoms with Crippen molar-refractivity contribution in [2.45, 2.75) is 45.1 Å². The Labute approximate surface area is 96.5 Å². The highest BCUT2D eigenvalue weighted by Crippen LogP contribution is 2.36. The minimum Gasteiger partial charge on any atom is -0.367 e. The molecule has 0 aromatic rings. The summed E-state index contributed by atoms with van der Waals surface area (Å²) in [6.07, 6.45) is 4.24. The van der Waals surface area contributed by atoms with E-state index >= 15 is 0 Å². The Morgan fingerprint density at radius 1 is 1.50 bits per heavy atom. The van der Waals surface area contributed by atoms with E-state index in [9.17, 15) is 4.79 Å². The van der Waals surface area contributed by atoms with Crippen molar-refractivity contribution < 1.29 is 9.53 Å². The summed E-state index contributed by atoms with van der Waals surface area (Å²) in [7, 11) is 0. The average molecular weight is 224 g/mol. The minimum absolute atomic E-state index is 0.00676. The standard InChI is InChI=1S/C12H20N2O2/c1-3-16-12(6-4-9(2)5-7-12)11-13-8-10(15)14-11/h9H,3-8H2,1-2H3,(H,13,14,15). The molecule has 0 aromatic carbocycles. The second-order valence-electron chi connectivity index (χ2n) is 4.82. The molecule has 16 heavy (non-hydrogen) atoms. The Bertz CT molecular complexity index is 304. The highest BCUT2D eigenvalue weighted by Gasteiger charge is 2.42. The van der Waals surface area contributed by atoms with Crippen LogP contribution in [0.5, 0.6) is 0 Å². The number of carbonyl (C=O) groups excluding carboxylic acids is 1. The van der Waals surface area contributed by atoms with Gasteiger partial charge < -0.3 is 10.1 Å². The van der Waals surface area contributed by atoms with Crippen molar-refractivity contribution in [3.8, 4) is 0 Å². The van der Waals surface area contributed by atoms with E-state index < -0.39 is 0 Å². The molecular formula is C12H20N2O2. The summed E-state index contributed by atoms with van der Waals surface area (Å²) in [5, 5.41) is 2.85. The minimum atomic E-state index is -0.312. The van der Waals surface area contributed by atoms with Crippen LogP contribution in [-0.2, 0) is 9.53 Å². The topological polar surface area (TPSA) is 50.7 Å². The third-order valence-corrected chi connectivity index (χ3v) is 3.57. The van der Waals surface area contributed by atoms with E-state index in [1.54, 1.807) is 0 Å². The lowest BCUT2D eigenvalue weighted by Gasteiger charge is -2.38. The third kappa shape index (κ3) is 2.12. The second kappa shape index (κ2) is 4.53. The predicted octanol–water partition coefficient (Wildman–Crippen LogP) is 1.50. The summed E-state index contributed by atoms with van der Waals surface area (Å²) in [5.74, 6) is 1.52. The number of ether oxygens (including phenoxy) is 1. The van der Waals surface area contributed by atoms with Crippen LogP contribution < -0.4 is 5.32 Å². The van der Waals surface area contributed by atoms with Crippen LogP contribution in [0, 0.1) is 5.92 Å². The molecule has 1 fully saturated rings. The monoisotopic (exact) mass is 224 g/mol. The van der Waals surface area contributed by atoms with Gasteiger partial charge in [-0.05, 0) is 38.5 Å². The van der Waals surface area contributed by atoms with Gasteiger partial charge in [-0.1, -0.05) is 6.92 Å². The highest BCUT2D eigenvalue weighted by molar-refractivity contribution is 6.07. The van der Waals surface area contributed by atoms with Crippen molar-refractivity contribution in [1.82, 2.24) is 5.32 Å². The van der Waals surface area contributed by atoms with E-state index in [0.29, 0.717) is 6.61 Å². The second-order valence-corrected chi connectivity index (χ2v) is 4.82. The summed E-state index contributed by atoms with van der Waals surface area (Å²) in [6.45, 7) is 5.20. The summed E-state index contributed by atoms with van der Waals surface area (Å²) < 4.78 is 5.91. The van der Waals surface area contributed by atoms with Gasteiger partial charge in [-0.15, -0.1) is 0 Å². The molecule has 1 aliphatic heterocycles. The number of nitrogens with zero attached hydrogens (tertiary/aromatic N) is 1. The lowest BCUT2D eigenvalue weighted by Crippen LogP contribution is -2.50. The van der Waals surface area contributed by atoms with E-state index in [0.717, 1.165) is 37.4 Å². The zero-order valence-electron chi connectivity index (χ0n) is 10.1. The molecule has 4 heteroatoms. The highest BCUT2D eigenvalue weighted by atomic mass is 16.5. The molecule has 1 heterocycles. The largest absolute Gasteiger partial charge is 0.367 e. The number of amidine groups is 1. The average Bonchev–Trinajstić information content (AvgIpc) is 2.70. The van der Waals surface area contributed by atoms with Crippen LogP contribution in [0.15, 0.2) is 4.99 Å². The fourth-order valence-corrected chi connectivity index (χ4v) is 2.57. The Balaban J connectivity index is 2.12.